The third kappa shape index (κ3) is 3.10. The van der Waals surface area contributed by atoms with E-state index in [1.807, 2.05) is 18.7 Å². The lowest BCUT2D eigenvalue weighted by Gasteiger charge is -2.32. The molecule has 0 bridgehead atoms. The zero-order chi connectivity index (χ0) is 14.8. The second-order valence-electron chi connectivity index (χ2n) is 6.33. The van der Waals surface area contributed by atoms with Crippen molar-refractivity contribution >= 4 is 5.91 Å². The highest BCUT2D eigenvalue weighted by atomic mass is 16.5. The number of aromatic nitrogens is 2. The Kier molecular flexibility index (Phi) is 4.24. The molecule has 0 aliphatic carbocycles. The molecule has 0 aromatic carbocycles. The van der Waals surface area contributed by atoms with Crippen molar-refractivity contribution < 1.29 is 14.1 Å². The first-order valence-electron chi connectivity index (χ1n) is 7.85. The van der Waals surface area contributed by atoms with Crippen molar-refractivity contribution in [3.8, 4) is 0 Å². The van der Waals surface area contributed by atoms with Gasteiger partial charge < -0.3 is 14.2 Å². The molecule has 0 unspecified atom stereocenters. The van der Waals surface area contributed by atoms with Gasteiger partial charge in [0.2, 0.25) is 11.8 Å². The third-order valence-corrected chi connectivity index (χ3v) is 4.33. The van der Waals surface area contributed by atoms with Gasteiger partial charge in [0.1, 0.15) is 0 Å². The fourth-order valence-corrected chi connectivity index (χ4v) is 3.02. The average molecular weight is 293 g/mol. The first-order valence-corrected chi connectivity index (χ1v) is 7.85. The summed E-state index contributed by atoms with van der Waals surface area (Å²) in [6.45, 7) is 6.88. The van der Waals surface area contributed by atoms with E-state index >= 15 is 0 Å². The van der Waals surface area contributed by atoms with Gasteiger partial charge in [-0.05, 0) is 19.3 Å². The van der Waals surface area contributed by atoms with Crippen LogP contribution < -0.4 is 0 Å². The van der Waals surface area contributed by atoms with Crippen LogP contribution in [0.5, 0.6) is 0 Å². The molecule has 1 amide bonds. The highest BCUT2D eigenvalue weighted by Gasteiger charge is 2.33. The van der Waals surface area contributed by atoms with Crippen molar-refractivity contribution in [2.75, 3.05) is 26.3 Å². The number of rotatable bonds is 3. The Morgan fingerprint density at radius 2 is 2.24 bits per heavy atom. The molecular weight excluding hydrogens is 270 g/mol. The van der Waals surface area contributed by atoms with Crippen LogP contribution >= 0.6 is 0 Å². The van der Waals surface area contributed by atoms with Crippen LogP contribution in [0.2, 0.25) is 0 Å². The molecular formula is C15H23N3O3. The molecule has 0 radical (unpaired) electrons. The van der Waals surface area contributed by atoms with Crippen LogP contribution in [-0.4, -0.2) is 47.3 Å². The summed E-state index contributed by atoms with van der Waals surface area (Å²) in [5.74, 6) is 2.13. The Balaban J connectivity index is 1.65. The molecule has 0 N–H and O–H groups in total. The Morgan fingerprint density at radius 3 is 2.90 bits per heavy atom. The maximum absolute atomic E-state index is 12.5. The average Bonchev–Trinajstić information content (AvgIpc) is 3.18. The van der Waals surface area contributed by atoms with E-state index in [2.05, 4.69) is 10.1 Å². The number of hydrogen-bond acceptors (Lipinski definition) is 5. The SMILES string of the molecule is CC(C)c1nc([C@H]2CCCN(C(=O)[C@H]3CCOC3)C2)no1. The van der Waals surface area contributed by atoms with E-state index in [-0.39, 0.29) is 23.7 Å². The second-order valence-corrected chi connectivity index (χ2v) is 6.33. The number of amides is 1. The van der Waals surface area contributed by atoms with Crippen LogP contribution in [0.25, 0.3) is 0 Å². The van der Waals surface area contributed by atoms with Crippen LogP contribution in [0, 0.1) is 5.92 Å². The van der Waals surface area contributed by atoms with Gasteiger partial charge in [-0.15, -0.1) is 0 Å². The van der Waals surface area contributed by atoms with E-state index in [1.165, 1.54) is 0 Å². The monoisotopic (exact) mass is 293 g/mol. The maximum atomic E-state index is 12.5. The van der Waals surface area contributed by atoms with Gasteiger partial charge in [0, 0.05) is 31.5 Å². The molecule has 6 heteroatoms. The van der Waals surface area contributed by atoms with Crippen molar-refractivity contribution in [3.05, 3.63) is 11.7 Å². The van der Waals surface area contributed by atoms with Gasteiger partial charge in [-0.25, -0.2) is 0 Å². The fraction of sp³-hybridized carbons (Fsp3) is 0.800. The first-order chi connectivity index (χ1) is 10.1. The molecule has 1 aromatic heterocycles. The van der Waals surface area contributed by atoms with Gasteiger partial charge in [0.25, 0.3) is 0 Å². The normalized spacial score (nSPS) is 26.5. The molecule has 2 aliphatic heterocycles. The number of nitrogens with zero attached hydrogens (tertiary/aromatic N) is 3. The summed E-state index contributed by atoms with van der Waals surface area (Å²) in [5, 5.41) is 4.10. The number of likely N-dealkylation sites (tertiary alicyclic amines) is 1. The highest BCUT2D eigenvalue weighted by molar-refractivity contribution is 5.79. The van der Waals surface area contributed by atoms with E-state index in [1.54, 1.807) is 0 Å². The Morgan fingerprint density at radius 1 is 1.38 bits per heavy atom. The fourth-order valence-electron chi connectivity index (χ4n) is 3.02. The number of piperidine rings is 1. The Labute approximate surface area is 124 Å². The summed E-state index contributed by atoms with van der Waals surface area (Å²) in [6.07, 6.45) is 2.86. The van der Waals surface area contributed by atoms with Crippen molar-refractivity contribution in [2.24, 2.45) is 5.92 Å². The molecule has 2 fully saturated rings. The quantitative estimate of drug-likeness (QED) is 0.852. The summed E-state index contributed by atoms with van der Waals surface area (Å²) in [4.78, 5) is 18.9. The zero-order valence-electron chi connectivity index (χ0n) is 12.7. The van der Waals surface area contributed by atoms with Crippen LogP contribution in [-0.2, 0) is 9.53 Å². The third-order valence-electron chi connectivity index (χ3n) is 4.33. The standard InChI is InChI=1S/C15H23N3O3/c1-10(2)14-16-13(17-21-14)11-4-3-6-18(8-11)15(19)12-5-7-20-9-12/h10-12H,3-9H2,1-2H3/t11-,12-/m0/s1. The van der Waals surface area contributed by atoms with Gasteiger partial charge in [-0.2, -0.15) is 4.98 Å². The predicted octanol–water partition coefficient (Wildman–Crippen LogP) is 1.94. The van der Waals surface area contributed by atoms with E-state index in [0.717, 1.165) is 31.6 Å². The van der Waals surface area contributed by atoms with Crippen LogP contribution in [0.1, 0.15) is 56.7 Å². The molecule has 2 atom stereocenters. The lowest BCUT2D eigenvalue weighted by Crippen LogP contribution is -2.42. The maximum Gasteiger partial charge on any atom is 0.229 e. The molecule has 0 spiro atoms. The minimum absolute atomic E-state index is 0.0419. The van der Waals surface area contributed by atoms with E-state index in [9.17, 15) is 4.79 Å². The molecule has 2 aliphatic rings. The highest BCUT2D eigenvalue weighted by Crippen LogP contribution is 2.28. The van der Waals surface area contributed by atoms with E-state index in [0.29, 0.717) is 25.6 Å². The number of carbonyl (C=O) groups is 1. The van der Waals surface area contributed by atoms with Crippen molar-refractivity contribution in [1.29, 1.82) is 0 Å². The predicted molar refractivity (Wildman–Crippen MR) is 75.9 cm³/mol. The number of carbonyl (C=O) groups excluding carboxylic acids is 1. The van der Waals surface area contributed by atoms with Crippen LogP contribution in [0.3, 0.4) is 0 Å². The molecule has 6 nitrogen and oxygen atoms in total. The van der Waals surface area contributed by atoms with Gasteiger partial charge in [-0.3, -0.25) is 4.79 Å². The summed E-state index contributed by atoms with van der Waals surface area (Å²) in [7, 11) is 0. The second kappa shape index (κ2) is 6.13. The molecule has 3 heterocycles. The van der Waals surface area contributed by atoms with E-state index < -0.39 is 0 Å². The first kappa shape index (κ1) is 14.5. The minimum Gasteiger partial charge on any atom is -0.381 e. The van der Waals surface area contributed by atoms with Crippen LogP contribution in [0.4, 0.5) is 0 Å². The number of ether oxygens (including phenoxy) is 1. The lowest BCUT2D eigenvalue weighted by atomic mass is 9.95. The van der Waals surface area contributed by atoms with Gasteiger partial charge >= 0.3 is 0 Å². The van der Waals surface area contributed by atoms with Crippen LogP contribution in [0.15, 0.2) is 4.52 Å². The molecule has 3 rings (SSSR count). The smallest absolute Gasteiger partial charge is 0.229 e. The van der Waals surface area contributed by atoms with Gasteiger partial charge in [-0.1, -0.05) is 19.0 Å². The summed E-state index contributed by atoms with van der Waals surface area (Å²) in [5.41, 5.74) is 0. The topological polar surface area (TPSA) is 68.5 Å². The lowest BCUT2D eigenvalue weighted by molar-refractivity contribution is -0.136. The van der Waals surface area contributed by atoms with Crippen molar-refractivity contribution in [3.63, 3.8) is 0 Å². The van der Waals surface area contributed by atoms with Gasteiger partial charge in [0.05, 0.1) is 12.5 Å². The molecule has 21 heavy (non-hydrogen) atoms. The number of hydrogen-bond donors (Lipinski definition) is 0. The summed E-state index contributed by atoms with van der Waals surface area (Å²) in [6, 6.07) is 0. The largest absolute Gasteiger partial charge is 0.381 e. The van der Waals surface area contributed by atoms with Gasteiger partial charge in [0.15, 0.2) is 5.82 Å². The molecule has 116 valence electrons. The minimum atomic E-state index is 0.0419. The molecule has 2 saturated heterocycles. The summed E-state index contributed by atoms with van der Waals surface area (Å²) >= 11 is 0. The van der Waals surface area contributed by atoms with Crippen molar-refractivity contribution in [2.45, 2.75) is 44.9 Å². The Bertz CT molecular complexity index is 494. The molecule has 0 saturated carbocycles. The summed E-state index contributed by atoms with van der Waals surface area (Å²) < 4.78 is 10.6. The zero-order valence-corrected chi connectivity index (χ0v) is 12.7. The van der Waals surface area contributed by atoms with Crippen molar-refractivity contribution in [1.82, 2.24) is 15.0 Å². The van der Waals surface area contributed by atoms with E-state index in [4.69, 9.17) is 9.26 Å². The molecule has 1 aromatic rings. The Hall–Kier alpha value is -1.43.